The second-order valence-corrected chi connectivity index (χ2v) is 9.46. The van der Waals surface area contributed by atoms with Crippen molar-refractivity contribution in [3.8, 4) is 6.07 Å². The molecule has 0 aliphatic carbocycles. The molecule has 2 aromatic rings. The van der Waals surface area contributed by atoms with E-state index in [2.05, 4.69) is 5.32 Å². The molecule has 6 nitrogen and oxygen atoms in total. The molecule has 0 bridgehead atoms. The summed E-state index contributed by atoms with van der Waals surface area (Å²) in [6.45, 7) is 6.47. The molecule has 0 atom stereocenters. The summed E-state index contributed by atoms with van der Waals surface area (Å²) in [6, 6.07) is 12.2. The second-order valence-electron chi connectivity index (χ2n) is 7.55. The lowest BCUT2D eigenvalue weighted by atomic mass is 9.96. The molecule has 2 aromatic carbocycles. The van der Waals surface area contributed by atoms with Crippen LogP contribution in [0.1, 0.15) is 35.1 Å². The number of rotatable bonds is 4. The highest BCUT2D eigenvalue weighted by molar-refractivity contribution is 7.89. The third-order valence-electron chi connectivity index (χ3n) is 5.38. The number of nitriles is 1. The molecule has 0 spiro atoms. The van der Waals surface area contributed by atoms with E-state index >= 15 is 0 Å². The lowest BCUT2D eigenvalue weighted by Crippen LogP contribution is -2.41. The first kappa shape index (κ1) is 21.0. The fraction of sp³-hybridized carbons (Fsp3) is 0.364. The lowest BCUT2D eigenvalue weighted by Gasteiger charge is -2.31. The van der Waals surface area contributed by atoms with Crippen molar-refractivity contribution in [2.45, 2.75) is 38.5 Å². The van der Waals surface area contributed by atoms with E-state index < -0.39 is 10.0 Å². The van der Waals surface area contributed by atoms with Crippen LogP contribution >= 0.6 is 0 Å². The summed E-state index contributed by atoms with van der Waals surface area (Å²) in [5.41, 5.74) is 4.15. The van der Waals surface area contributed by atoms with Gasteiger partial charge in [0.25, 0.3) is 0 Å². The second kappa shape index (κ2) is 8.36. The van der Waals surface area contributed by atoms with E-state index in [0.717, 1.165) is 22.4 Å². The van der Waals surface area contributed by atoms with Gasteiger partial charge in [-0.25, -0.2) is 8.42 Å². The molecule has 3 rings (SSSR count). The molecule has 1 N–H and O–H groups in total. The van der Waals surface area contributed by atoms with E-state index in [1.807, 2.05) is 39.0 Å². The zero-order valence-corrected chi connectivity index (χ0v) is 17.7. The van der Waals surface area contributed by atoms with Crippen molar-refractivity contribution in [1.82, 2.24) is 4.31 Å². The fourth-order valence-electron chi connectivity index (χ4n) is 3.88. The topological polar surface area (TPSA) is 90.3 Å². The van der Waals surface area contributed by atoms with E-state index in [4.69, 9.17) is 0 Å². The Morgan fingerprint density at radius 3 is 2.28 bits per heavy atom. The van der Waals surface area contributed by atoms with Gasteiger partial charge in [0.05, 0.1) is 10.5 Å². The number of amides is 1. The summed E-state index contributed by atoms with van der Waals surface area (Å²) in [4.78, 5) is 12.8. The molecule has 0 radical (unpaired) electrons. The van der Waals surface area contributed by atoms with Crippen LogP contribution in [0.25, 0.3) is 0 Å². The SMILES string of the molecule is Cc1cc(C)c(NC(=O)C2CCN(S(=O)(=O)c3ccccc3C#N)CC2)c(C)c1. The van der Waals surface area contributed by atoms with E-state index in [-0.39, 0.29) is 35.4 Å². The van der Waals surface area contributed by atoms with Gasteiger partial charge in [0.15, 0.2) is 0 Å². The van der Waals surface area contributed by atoms with Gasteiger partial charge in [-0.1, -0.05) is 29.8 Å². The summed E-state index contributed by atoms with van der Waals surface area (Å²) < 4.78 is 27.2. The Morgan fingerprint density at radius 2 is 1.69 bits per heavy atom. The van der Waals surface area contributed by atoms with Gasteiger partial charge in [-0.3, -0.25) is 4.79 Å². The number of aryl methyl sites for hydroxylation is 3. The predicted octanol–water partition coefficient (Wildman–Crippen LogP) is 3.52. The summed E-state index contributed by atoms with van der Waals surface area (Å²) >= 11 is 0. The van der Waals surface area contributed by atoms with Crippen LogP contribution in [-0.2, 0) is 14.8 Å². The third kappa shape index (κ3) is 4.34. The Bertz CT molecular complexity index is 1060. The minimum absolute atomic E-state index is 0.0244. The van der Waals surface area contributed by atoms with Gasteiger partial charge in [0, 0.05) is 24.7 Å². The average Bonchev–Trinajstić information content (AvgIpc) is 2.70. The molecule has 0 saturated carbocycles. The maximum atomic E-state index is 12.9. The van der Waals surface area contributed by atoms with Gasteiger partial charge >= 0.3 is 0 Å². The van der Waals surface area contributed by atoms with Gasteiger partial charge in [-0.2, -0.15) is 9.57 Å². The number of nitrogens with zero attached hydrogens (tertiary/aromatic N) is 2. The first-order valence-electron chi connectivity index (χ1n) is 9.62. The zero-order valence-electron chi connectivity index (χ0n) is 16.9. The van der Waals surface area contributed by atoms with Gasteiger partial charge in [-0.15, -0.1) is 0 Å². The number of carbonyl (C=O) groups excluding carboxylic acids is 1. The van der Waals surface area contributed by atoms with Crippen LogP contribution in [0.2, 0.25) is 0 Å². The van der Waals surface area contributed by atoms with Crippen molar-refractivity contribution in [1.29, 1.82) is 5.26 Å². The molecule has 1 aliphatic rings. The number of anilines is 1. The molecule has 1 amide bonds. The van der Waals surface area contributed by atoms with Gasteiger partial charge < -0.3 is 5.32 Å². The molecule has 0 unspecified atom stereocenters. The van der Waals surface area contributed by atoms with Gasteiger partial charge in [0.1, 0.15) is 6.07 Å². The molecule has 7 heteroatoms. The molecule has 1 saturated heterocycles. The van der Waals surface area contributed by atoms with Crippen molar-refractivity contribution in [2.75, 3.05) is 18.4 Å². The monoisotopic (exact) mass is 411 g/mol. The van der Waals surface area contributed by atoms with Crippen LogP contribution in [-0.4, -0.2) is 31.7 Å². The highest BCUT2D eigenvalue weighted by atomic mass is 32.2. The number of piperidine rings is 1. The average molecular weight is 412 g/mol. The van der Waals surface area contributed by atoms with E-state index in [1.165, 1.54) is 16.4 Å². The lowest BCUT2D eigenvalue weighted by molar-refractivity contribution is -0.120. The Morgan fingerprint density at radius 1 is 1.10 bits per heavy atom. The number of hydrogen-bond donors (Lipinski definition) is 1. The highest BCUT2D eigenvalue weighted by Crippen LogP contribution is 2.28. The minimum Gasteiger partial charge on any atom is -0.325 e. The van der Waals surface area contributed by atoms with Crippen LogP contribution in [0.4, 0.5) is 5.69 Å². The van der Waals surface area contributed by atoms with Gasteiger partial charge in [-0.05, 0) is 56.9 Å². The Hall–Kier alpha value is -2.69. The molecule has 1 aliphatic heterocycles. The molecule has 1 fully saturated rings. The largest absolute Gasteiger partial charge is 0.325 e. The maximum Gasteiger partial charge on any atom is 0.244 e. The first-order valence-corrected chi connectivity index (χ1v) is 11.1. The van der Waals surface area contributed by atoms with E-state index in [9.17, 15) is 18.5 Å². The van der Waals surface area contributed by atoms with Crippen LogP contribution in [0.3, 0.4) is 0 Å². The van der Waals surface area contributed by atoms with Crippen molar-refractivity contribution in [2.24, 2.45) is 5.92 Å². The Labute approximate surface area is 172 Å². The van der Waals surface area contributed by atoms with Crippen molar-refractivity contribution < 1.29 is 13.2 Å². The van der Waals surface area contributed by atoms with Crippen molar-refractivity contribution in [3.05, 3.63) is 58.7 Å². The highest BCUT2D eigenvalue weighted by Gasteiger charge is 2.33. The van der Waals surface area contributed by atoms with Crippen molar-refractivity contribution >= 4 is 21.6 Å². The molecule has 29 heavy (non-hydrogen) atoms. The molecular weight excluding hydrogens is 386 g/mol. The normalized spacial score (nSPS) is 15.7. The maximum absolute atomic E-state index is 12.9. The summed E-state index contributed by atoms with van der Waals surface area (Å²) in [5.74, 6) is -0.317. The number of nitrogens with one attached hydrogen (secondary N) is 1. The van der Waals surface area contributed by atoms with Crippen LogP contribution < -0.4 is 5.32 Å². The molecular formula is C22H25N3O3S. The minimum atomic E-state index is -3.75. The predicted molar refractivity (Wildman–Crippen MR) is 112 cm³/mol. The van der Waals surface area contributed by atoms with Crippen LogP contribution in [0.15, 0.2) is 41.3 Å². The number of hydrogen-bond acceptors (Lipinski definition) is 4. The van der Waals surface area contributed by atoms with Gasteiger partial charge in [0.2, 0.25) is 15.9 Å². The number of sulfonamides is 1. The number of benzene rings is 2. The van der Waals surface area contributed by atoms with Crippen molar-refractivity contribution in [3.63, 3.8) is 0 Å². The summed E-state index contributed by atoms with van der Waals surface area (Å²) in [6.07, 6.45) is 0.896. The quantitative estimate of drug-likeness (QED) is 0.833. The number of carbonyl (C=O) groups is 1. The zero-order chi connectivity index (χ0) is 21.2. The van der Waals surface area contributed by atoms with Crippen LogP contribution in [0.5, 0.6) is 0 Å². The molecule has 0 aromatic heterocycles. The summed E-state index contributed by atoms with van der Waals surface area (Å²) in [5, 5.41) is 12.2. The van der Waals surface area contributed by atoms with E-state index in [0.29, 0.717) is 12.8 Å². The fourth-order valence-corrected chi connectivity index (χ4v) is 5.50. The summed E-state index contributed by atoms with van der Waals surface area (Å²) in [7, 11) is -3.75. The Balaban J connectivity index is 1.69. The molecule has 1 heterocycles. The smallest absolute Gasteiger partial charge is 0.244 e. The van der Waals surface area contributed by atoms with E-state index in [1.54, 1.807) is 12.1 Å². The molecule has 152 valence electrons. The standard InChI is InChI=1S/C22H25N3O3S/c1-15-12-16(2)21(17(3)13-15)24-22(26)18-8-10-25(11-9-18)29(27,28)20-7-5-4-6-19(20)14-23/h4-7,12-13,18H,8-11H2,1-3H3,(H,24,26). The first-order chi connectivity index (χ1) is 13.7. The Kier molecular flexibility index (Phi) is 6.06. The van der Waals surface area contributed by atoms with Crippen LogP contribution in [0, 0.1) is 38.0 Å². The third-order valence-corrected chi connectivity index (χ3v) is 7.33.